The van der Waals surface area contributed by atoms with Crippen LogP contribution in [0.3, 0.4) is 0 Å². The van der Waals surface area contributed by atoms with Crippen LogP contribution in [0.4, 0.5) is 0 Å². The minimum absolute atomic E-state index is 0.00881. The number of hydrogen-bond donors (Lipinski definition) is 2. The van der Waals surface area contributed by atoms with Crippen LogP contribution in [-0.2, 0) is 4.79 Å². The molecule has 0 aromatic heterocycles. The van der Waals surface area contributed by atoms with Gasteiger partial charge in [0.2, 0.25) is 5.91 Å². The molecule has 2 N–H and O–H groups in total. The van der Waals surface area contributed by atoms with E-state index < -0.39 is 0 Å². The molecule has 0 aliphatic heterocycles. The Morgan fingerprint density at radius 2 is 1.94 bits per heavy atom. The van der Waals surface area contributed by atoms with Crippen LogP contribution >= 0.6 is 0 Å². The maximum absolute atomic E-state index is 11.9. The summed E-state index contributed by atoms with van der Waals surface area (Å²) in [4.78, 5) is 13.8. The molecule has 1 amide bonds. The predicted molar refractivity (Wildman–Crippen MR) is 66.3 cm³/mol. The molecule has 0 aromatic rings. The molecule has 0 saturated carbocycles. The normalized spacial score (nSPS) is 16.0. The summed E-state index contributed by atoms with van der Waals surface area (Å²) < 4.78 is 0. The topological polar surface area (TPSA) is 52.6 Å². The molecule has 0 heterocycles. The molecule has 2 atom stereocenters. The number of likely N-dealkylation sites (N-methyl/N-ethyl adjacent to an activating group) is 1. The van der Waals surface area contributed by atoms with Crippen molar-refractivity contribution in [2.75, 3.05) is 13.7 Å². The van der Waals surface area contributed by atoms with E-state index in [-0.39, 0.29) is 30.1 Å². The van der Waals surface area contributed by atoms with Gasteiger partial charge in [-0.2, -0.15) is 0 Å². The lowest BCUT2D eigenvalue weighted by Crippen LogP contribution is -2.53. The van der Waals surface area contributed by atoms with Crippen LogP contribution in [0.1, 0.15) is 41.0 Å². The summed E-state index contributed by atoms with van der Waals surface area (Å²) in [6.45, 7) is 9.87. The first-order valence-corrected chi connectivity index (χ1v) is 5.90. The zero-order valence-corrected chi connectivity index (χ0v) is 11.4. The zero-order chi connectivity index (χ0) is 12.9. The Labute approximate surface area is 99.0 Å². The highest BCUT2D eigenvalue weighted by atomic mass is 16.3. The molecule has 96 valence electrons. The van der Waals surface area contributed by atoms with E-state index in [1.807, 2.05) is 46.6 Å². The van der Waals surface area contributed by atoms with Crippen molar-refractivity contribution in [2.45, 2.75) is 58.7 Å². The third kappa shape index (κ3) is 4.49. The summed E-state index contributed by atoms with van der Waals surface area (Å²) in [6, 6.07) is -0.238. The van der Waals surface area contributed by atoms with Gasteiger partial charge in [-0.05, 0) is 41.2 Å². The lowest BCUT2D eigenvalue weighted by atomic mass is 10.0. The molecule has 0 bridgehead atoms. The average molecular weight is 230 g/mol. The van der Waals surface area contributed by atoms with Gasteiger partial charge in [0.05, 0.1) is 12.6 Å². The number of carbonyl (C=O) groups excluding carboxylic acids is 1. The summed E-state index contributed by atoms with van der Waals surface area (Å²) in [5.41, 5.74) is -0.172. The Morgan fingerprint density at radius 1 is 1.44 bits per heavy atom. The minimum atomic E-state index is -0.229. The Morgan fingerprint density at radius 3 is 2.31 bits per heavy atom. The van der Waals surface area contributed by atoms with Crippen molar-refractivity contribution >= 4 is 5.91 Å². The molecule has 0 rings (SSSR count). The lowest BCUT2D eigenvalue weighted by molar-refractivity contribution is -0.128. The molecule has 0 spiro atoms. The van der Waals surface area contributed by atoms with E-state index in [2.05, 4.69) is 5.32 Å². The second-order valence-electron chi connectivity index (χ2n) is 5.10. The average Bonchev–Trinajstić information content (AvgIpc) is 2.25. The smallest absolute Gasteiger partial charge is 0.237 e. The molecule has 2 unspecified atom stereocenters. The molecule has 0 aromatic carbocycles. The third-order valence-corrected chi connectivity index (χ3v) is 3.30. The van der Waals surface area contributed by atoms with Gasteiger partial charge < -0.3 is 10.4 Å². The summed E-state index contributed by atoms with van der Waals surface area (Å²) in [6.07, 6.45) is 0.894. The van der Waals surface area contributed by atoms with Gasteiger partial charge in [0.25, 0.3) is 0 Å². The molecule has 16 heavy (non-hydrogen) atoms. The highest BCUT2D eigenvalue weighted by Crippen LogP contribution is 2.09. The minimum Gasteiger partial charge on any atom is -0.395 e. The third-order valence-electron chi connectivity index (χ3n) is 3.30. The van der Waals surface area contributed by atoms with Crippen LogP contribution < -0.4 is 5.32 Å². The zero-order valence-electron chi connectivity index (χ0n) is 11.4. The van der Waals surface area contributed by atoms with Gasteiger partial charge in [-0.3, -0.25) is 9.69 Å². The highest BCUT2D eigenvalue weighted by Gasteiger charge is 2.26. The maximum atomic E-state index is 11.9. The highest BCUT2D eigenvalue weighted by molar-refractivity contribution is 5.82. The number of rotatable bonds is 6. The van der Waals surface area contributed by atoms with Crippen LogP contribution in [0.5, 0.6) is 0 Å². The monoisotopic (exact) mass is 230 g/mol. The Hall–Kier alpha value is -0.610. The van der Waals surface area contributed by atoms with Crippen molar-refractivity contribution in [3.63, 3.8) is 0 Å². The van der Waals surface area contributed by atoms with E-state index >= 15 is 0 Å². The van der Waals surface area contributed by atoms with Crippen LogP contribution in [0.25, 0.3) is 0 Å². The van der Waals surface area contributed by atoms with Gasteiger partial charge in [0.15, 0.2) is 0 Å². The lowest BCUT2D eigenvalue weighted by Gasteiger charge is -2.32. The fraction of sp³-hybridized carbons (Fsp3) is 0.917. The van der Waals surface area contributed by atoms with Crippen molar-refractivity contribution in [2.24, 2.45) is 0 Å². The van der Waals surface area contributed by atoms with Crippen molar-refractivity contribution in [1.29, 1.82) is 0 Å². The molecule has 0 aliphatic carbocycles. The van der Waals surface area contributed by atoms with Gasteiger partial charge in [-0.15, -0.1) is 0 Å². The Balaban J connectivity index is 4.39. The van der Waals surface area contributed by atoms with Crippen LogP contribution in [0.15, 0.2) is 0 Å². The van der Waals surface area contributed by atoms with Gasteiger partial charge in [-0.1, -0.05) is 6.92 Å². The molecular weight excluding hydrogens is 204 g/mol. The second kappa shape index (κ2) is 6.21. The van der Waals surface area contributed by atoms with E-state index in [0.29, 0.717) is 0 Å². The first kappa shape index (κ1) is 15.4. The summed E-state index contributed by atoms with van der Waals surface area (Å²) in [5, 5.41) is 12.0. The van der Waals surface area contributed by atoms with Crippen LogP contribution in [0.2, 0.25) is 0 Å². The van der Waals surface area contributed by atoms with Gasteiger partial charge in [0.1, 0.15) is 0 Å². The van der Waals surface area contributed by atoms with Crippen LogP contribution in [0, 0.1) is 0 Å². The van der Waals surface area contributed by atoms with Crippen molar-refractivity contribution in [3.8, 4) is 0 Å². The van der Waals surface area contributed by atoms with E-state index in [9.17, 15) is 4.79 Å². The summed E-state index contributed by atoms with van der Waals surface area (Å²) in [7, 11) is 1.85. The van der Waals surface area contributed by atoms with Gasteiger partial charge in [-0.25, -0.2) is 0 Å². The summed E-state index contributed by atoms with van der Waals surface area (Å²) in [5.74, 6) is 0.00894. The Bertz CT molecular complexity index is 229. The van der Waals surface area contributed by atoms with Gasteiger partial charge >= 0.3 is 0 Å². The fourth-order valence-electron chi connectivity index (χ4n) is 1.22. The molecule has 0 radical (unpaired) electrons. The molecule has 4 nitrogen and oxygen atoms in total. The first-order valence-electron chi connectivity index (χ1n) is 5.90. The number of nitrogens with zero attached hydrogens (tertiary/aromatic N) is 1. The quantitative estimate of drug-likeness (QED) is 0.715. The number of carbonyl (C=O) groups is 1. The van der Waals surface area contributed by atoms with E-state index in [0.717, 1.165) is 6.42 Å². The molecule has 4 heteroatoms. The SMILES string of the molecule is CCC(C)(C)NC(=O)C(C)N(C)C(C)CO. The largest absolute Gasteiger partial charge is 0.395 e. The number of hydrogen-bond acceptors (Lipinski definition) is 3. The number of aliphatic hydroxyl groups excluding tert-OH is 1. The number of nitrogens with one attached hydrogen (secondary N) is 1. The fourth-order valence-corrected chi connectivity index (χ4v) is 1.22. The molecule has 0 saturated heterocycles. The standard InChI is InChI=1S/C12H26N2O2/c1-7-12(4,5)13-11(16)10(3)14(6)9(2)8-15/h9-10,15H,7-8H2,1-6H3,(H,13,16). The van der Waals surface area contributed by atoms with E-state index in [1.165, 1.54) is 0 Å². The van der Waals surface area contributed by atoms with Crippen molar-refractivity contribution < 1.29 is 9.90 Å². The van der Waals surface area contributed by atoms with Crippen molar-refractivity contribution in [1.82, 2.24) is 10.2 Å². The molecule has 0 aliphatic rings. The van der Waals surface area contributed by atoms with E-state index in [1.54, 1.807) is 0 Å². The summed E-state index contributed by atoms with van der Waals surface area (Å²) >= 11 is 0. The first-order chi connectivity index (χ1) is 7.25. The van der Waals surface area contributed by atoms with E-state index in [4.69, 9.17) is 5.11 Å². The van der Waals surface area contributed by atoms with Crippen LogP contribution in [-0.4, -0.2) is 47.2 Å². The molecule has 0 fully saturated rings. The molecular formula is C12H26N2O2. The maximum Gasteiger partial charge on any atom is 0.237 e. The number of amides is 1. The second-order valence-corrected chi connectivity index (χ2v) is 5.10. The number of aliphatic hydroxyl groups is 1. The Kier molecular flexibility index (Phi) is 5.97. The van der Waals surface area contributed by atoms with Gasteiger partial charge in [0, 0.05) is 11.6 Å². The predicted octanol–water partition coefficient (Wildman–Crippen LogP) is 0.992. The van der Waals surface area contributed by atoms with Crippen molar-refractivity contribution in [3.05, 3.63) is 0 Å².